The van der Waals surface area contributed by atoms with Gasteiger partial charge in [0, 0.05) is 12.1 Å². The van der Waals surface area contributed by atoms with Crippen molar-refractivity contribution in [1.29, 1.82) is 0 Å². The molecule has 2 rings (SSSR count). The van der Waals surface area contributed by atoms with Crippen molar-refractivity contribution in [2.24, 2.45) is 5.92 Å². The SMILES string of the molecule is CC(C)C(O)CNC(=O)c1cn[nH]c1-c1ccccc1. The lowest BCUT2D eigenvalue weighted by atomic mass is 10.1. The quantitative estimate of drug-likeness (QED) is 0.777. The molecular weight excluding hydrogens is 254 g/mol. The molecule has 2 aromatic rings. The maximum absolute atomic E-state index is 12.1. The van der Waals surface area contributed by atoms with Crippen LogP contribution in [-0.4, -0.2) is 33.9 Å². The minimum atomic E-state index is -0.550. The Labute approximate surface area is 118 Å². The van der Waals surface area contributed by atoms with Gasteiger partial charge >= 0.3 is 0 Å². The van der Waals surface area contributed by atoms with Gasteiger partial charge in [0.1, 0.15) is 0 Å². The lowest BCUT2D eigenvalue weighted by molar-refractivity contribution is 0.0872. The highest BCUT2D eigenvalue weighted by Gasteiger charge is 2.17. The molecule has 1 unspecified atom stereocenters. The molecule has 5 heteroatoms. The predicted molar refractivity (Wildman–Crippen MR) is 77.2 cm³/mol. The molecule has 0 saturated carbocycles. The molecule has 1 heterocycles. The third kappa shape index (κ3) is 3.24. The molecule has 0 aliphatic heterocycles. The third-order valence-electron chi connectivity index (χ3n) is 3.19. The highest BCUT2D eigenvalue weighted by Crippen LogP contribution is 2.20. The van der Waals surface area contributed by atoms with Crippen LogP contribution in [0.3, 0.4) is 0 Å². The van der Waals surface area contributed by atoms with Crippen LogP contribution in [0.4, 0.5) is 0 Å². The smallest absolute Gasteiger partial charge is 0.255 e. The largest absolute Gasteiger partial charge is 0.391 e. The van der Waals surface area contributed by atoms with Crippen molar-refractivity contribution >= 4 is 5.91 Å². The van der Waals surface area contributed by atoms with Gasteiger partial charge in [0.05, 0.1) is 23.6 Å². The fraction of sp³-hybridized carbons (Fsp3) is 0.333. The summed E-state index contributed by atoms with van der Waals surface area (Å²) in [6.45, 7) is 4.05. The monoisotopic (exact) mass is 273 g/mol. The average molecular weight is 273 g/mol. The van der Waals surface area contributed by atoms with E-state index in [2.05, 4.69) is 15.5 Å². The number of nitrogens with zero attached hydrogens (tertiary/aromatic N) is 1. The number of nitrogens with one attached hydrogen (secondary N) is 2. The van der Waals surface area contributed by atoms with E-state index in [0.29, 0.717) is 11.3 Å². The van der Waals surface area contributed by atoms with Crippen molar-refractivity contribution in [3.05, 3.63) is 42.1 Å². The predicted octanol–water partition coefficient (Wildman–Crippen LogP) is 1.82. The topological polar surface area (TPSA) is 78.0 Å². The molecule has 0 fully saturated rings. The van der Waals surface area contributed by atoms with Crippen molar-refractivity contribution in [2.45, 2.75) is 20.0 Å². The highest BCUT2D eigenvalue weighted by atomic mass is 16.3. The summed E-state index contributed by atoms with van der Waals surface area (Å²) >= 11 is 0. The third-order valence-corrected chi connectivity index (χ3v) is 3.19. The van der Waals surface area contributed by atoms with E-state index in [1.54, 1.807) is 0 Å². The molecule has 1 atom stereocenters. The minimum Gasteiger partial charge on any atom is -0.391 e. The Kier molecular flexibility index (Phi) is 4.53. The number of hydrogen-bond acceptors (Lipinski definition) is 3. The molecule has 20 heavy (non-hydrogen) atoms. The number of aromatic amines is 1. The van der Waals surface area contributed by atoms with Crippen LogP contribution in [0.1, 0.15) is 24.2 Å². The molecule has 1 aromatic carbocycles. The second-order valence-electron chi connectivity index (χ2n) is 5.05. The summed E-state index contributed by atoms with van der Waals surface area (Å²) in [4.78, 5) is 12.1. The zero-order chi connectivity index (χ0) is 14.5. The molecular formula is C15H19N3O2. The van der Waals surface area contributed by atoms with Gasteiger partial charge in [-0.1, -0.05) is 44.2 Å². The van der Waals surface area contributed by atoms with E-state index < -0.39 is 6.10 Å². The molecule has 1 aromatic heterocycles. The number of carbonyl (C=O) groups is 1. The number of hydrogen-bond donors (Lipinski definition) is 3. The van der Waals surface area contributed by atoms with Gasteiger partial charge in [0.25, 0.3) is 5.91 Å². The second-order valence-corrected chi connectivity index (χ2v) is 5.05. The van der Waals surface area contributed by atoms with Crippen molar-refractivity contribution in [1.82, 2.24) is 15.5 Å². The summed E-state index contributed by atoms with van der Waals surface area (Å²) in [5, 5.41) is 19.2. The number of amides is 1. The van der Waals surface area contributed by atoms with Crippen molar-refractivity contribution in [3.63, 3.8) is 0 Å². The number of H-pyrrole nitrogens is 1. The van der Waals surface area contributed by atoms with Crippen molar-refractivity contribution in [3.8, 4) is 11.3 Å². The Morgan fingerprint density at radius 2 is 2.05 bits per heavy atom. The summed E-state index contributed by atoms with van der Waals surface area (Å²) in [5.74, 6) is -0.134. The van der Waals surface area contributed by atoms with Crippen LogP contribution in [-0.2, 0) is 0 Å². The summed E-state index contributed by atoms with van der Waals surface area (Å²) < 4.78 is 0. The van der Waals surface area contributed by atoms with Crippen LogP contribution in [0.2, 0.25) is 0 Å². The maximum Gasteiger partial charge on any atom is 0.255 e. The first-order valence-electron chi connectivity index (χ1n) is 6.64. The number of aromatic nitrogens is 2. The fourth-order valence-corrected chi connectivity index (χ4v) is 1.81. The van der Waals surface area contributed by atoms with Gasteiger partial charge in [-0.3, -0.25) is 9.89 Å². The summed E-state index contributed by atoms with van der Waals surface area (Å²) in [5.41, 5.74) is 2.06. The van der Waals surface area contributed by atoms with Crippen LogP contribution >= 0.6 is 0 Å². The summed E-state index contributed by atoms with van der Waals surface area (Å²) in [6.07, 6.45) is 0.949. The minimum absolute atomic E-state index is 0.105. The first-order valence-corrected chi connectivity index (χ1v) is 6.64. The second kappa shape index (κ2) is 6.34. The molecule has 106 valence electrons. The summed E-state index contributed by atoms with van der Waals surface area (Å²) in [7, 11) is 0. The van der Waals surface area contributed by atoms with E-state index >= 15 is 0 Å². The number of rotatable bonds is 5. The maximum atomic E-state index is 12.1. The lowest BCUT2D eigenvalue weighted by Crippen LogP contribution is -2.34. The van der Waals surface area contributed by atoms with E-state index in [9.17, 15) is 9.90 Å². The molecule has 0 saturated heterocycles. The van der Waals surface area contributed by atoms with Crippen LogP contribution in [0.25, 0.3) is 11.3 Å². The van der Waals surface area contributed by atoms with Gasteiger partial charge in [-0.25, -0.2) is 0 Å². The summed E-state index contributed by atoms with van der Waals surface area (Å²) in [6, 6.07) is 9.54. The van der Waals surface area contributed by atoms with E-state index in [0.717, 1.165) is 5.56 Å². The van der Waals surface area contributed by atoms with Crippen LogP contribution < -0.4 is 5.32 Å². The average Bonchev–Trinajstić information content (AvgIpc) is 2.94. The van der Waals surface area contributed by atoms with Gasteiger partial charge in [0.15, 0.2) is 0 Å². The number of benzene rings is 1. The van der Waals surface area contributed by atoms with Crippen molar-refractivity contribution < 1.29 is 9.90 Å². The highest BCUT2D eigenvalue weighted by molar-refractivity contribution is 5.99. The first kappa shape index (κ1) is 14.3. The molecule has 0 aliphatic carbocycles. The Hall–Kier alpha value is -2.14. The standard InChI is InChI=1S/C15H19N3O2/c1-10(2)13(19)9-16-15(20)12-8-17-18-14(12)11-6-4-3-5-7-11/h3-8,10,13,19H,9H2,1-2H3,(H,16,20)(H,17,18). The van der Waals surface area contributed by atoms with E-state index in [4.69, 9.17) is 0 Å². The molecule has 0 bridgehead atoms. The van der Waals surface area contributed by atoms with Crippen LogP contribution in [0, 0.1) is 5.92 Å². The number of carbonyl (C=O) groups excluding carboxylic acids is 1. The molecule has 0 radical (unpaired) electrons. The zero-order valence-corrected chi connectivity index (χ0v) is 11.6. The van der Waals surface area contributed by atoms with Gasteiger partial charge < -0.3 is 10.4 Å². The molecule has 1 amide bonds. The Balaban J connectivity index is 2.10. The van der Waals surface area contributed by atoms with Crippen molar-refractivity contribution in [2.75, 3.05) is 6.54 Å². The Bertz CT molecular complexity index is 564. The fourth-order valence-electron chi connectivity index (χ4n) is 1.81. The molecule has 5 nitrogen and oxygen atoms in total. The molecule has 0 spiro atoms. The van der Waals surface area contributed by atoms with Gasteiger partial charge in [-0.05, 0) is 5.92 Å². The van der Waals surface area contributed by atoms with Gasteiger partial charge in [-0.15, -0.1) is 0 Å². The van der Waals surface area contributed by atoms with E-state index in [1.165, 1.54) is 6.20 Å². The van der Waals surface area contributed by atoms with Gasteiger partial charge in [-0.2, -0.15) is 5.10 Å². The number of aliphatic hydroxyl groups is 1. The van der Waals surface area contributed by atoms with Crippen LogP contribution in [0.5, 0.6) is 0 Å². The number of aliphatic hydroxyl groups excluding tert-OH is 1. The zero-order valence-electron chi connectivity index (χ0n) is 11.6. The Morgan fingerprint density at radius 3 is 2.70 bits per heavy atom. The molecule has 0 aliphatic rings. The molecule has 3 N–H and O–H groups in total. The Morgan fingerprint density at radius 1 is 1.35 bits per heavy atom. The van der Waals surface area contributed by atoms with Gasteiger partial charge in [0.2, 0.25) is 0 Å². The van der Waals surface area contributed by atoms with Crippen LogP contribution in [0.15, 0.2) is 36.5 Å². The lowest BCUT2D eigenvalue weighted by Gasteiger charge is -2.15. The first-order chi connectivity index (χ1) is 9.59. The normalized spacial score (nSPS) is 12.4. The van der Waals surface area contributed by atoms with E-state index in [1.807, 2.05) is 44.2 Å². The van der Waals surface area contributed by atoms with E-state index in [-0.39, 0.29) is 18.4 Å².